The van der Waals surface area contributed by atoms with Crippen molar-refractivity contribution >= 4 is 15.7 Å². The number of nitrogens with two attached hydrogens (primary N) is 1. The van der Waals surface area contributed by atoms with E-state index < -0.39 is 31.6 Å². The van der Waals surface area contributed by atoms with E-state index in [2.05, 4.69) is 4.72 Å². The Hall–Kier alpha value is -1.71. The van der Waals surface area contributed by atoms with E-state index in [0.29, 0.717) is 6.42 Å². The van der Waals surface area contributed by atoms with Crippen LogP contribution in [0.25, 0.3) is 0 Å². The number of ether oxygens (including phenoxy) is 1. The van der Waals surface area contributed by atoms with E-state index in [0.717, 1.165) is 18.6 Å². The van der Waals surface area contributed by atoms with Crippen molar-refractivity contribution in [3.8, 4) is 5.75 Å². The van der Waals surface area contributed by atoms with E-state index in [1.165, 1.54) is 13.2 Å². The van der Waals surface area contributed by atoms with Gasteiger partial charge in [0.25, 0.3) is 5.69 Å². The van der Waals surface area contributed by atoms with Crippen LogP contribution in [0.1, 0.15) is 19.8 Å². The Morgan fingerprint density at radius 2 is 2.14 bits per heavy atom. The largest absolute Gasteiger partial charge is 0.497 e. The quantitative estimate of drug-likeness (QED) is 0.544. The summed E-state index contributed by atoms with van der Waals surface area (Å²) in [5.41, 5.74) is 4.97. The number of nitrogens with zero attached hydrogens (tertiary/aromatic N) is 1. The van der Waals surface area contributed by atoms with Gasteiger partial charge < -0.3 is 10.5 Å². The third-order valence-corrected chi connectivity index (χ3v) is 4.46. The lowest BCUT2D eigenvalue weighted by Gasteiger charge is -2.16. The number of hydrogen-bond acceptors (Lipinski definition) is 6. The third-order valence-electron chi connectivity index (χ3n) is 2.90. The van der Waals surface area contributed by atoms with Gasteiger partial charge in [0.05, 0.1) is 18.1 Å². The van der Waals surface area contributed by atoms with E-state index in [1.54, 1.807) is 0 Å². The van der Waals surface area contributed by atoms with Crippen LogP contribution in [0, 0.1) is 10.1 Å². The van der Waals surface area contributed by atoms with E-state index in [4.69, 9.17) is 10.5 Å². The molecule has 0 amide bonds. The van der Waals surface area contributed by atoms with E-state index in [9.17, 15) is 18.5 Å². The number of benzene rings is 1. The van der Waals surface area contributed by atoms with Crippen molar-refractivity contribution in [2.45, 2.75) is 30.7 Å². The van der Waals surface area contributed by atoms with Crippen molar-refractivity contribution in [1.29, 1.82) is 0 Å². The van der Waals surface area contributed by atoms with Gasteiger partial charge in [0.15, 0.2) is 4.90 Å². The van der Waals surface area contributed by atoms with Gasteiger partial charge in [0.2, 0.25) is 10.0 Å². The van der Waals surface area contributed by atoms with Crippen molar-refractivity contribution in [1.82, 2.24) is 4.72 Å². The van der Waals surface area contributed by atoms with Crippen LogP contribution >= 0.6 is 0 Å². The Morgan fingerprint density at radius 3 is 2.62 bits per heavy atom. The fourth-order valence-electron chi connectivity index (χ4n) is 1.85. The fraction of sp³-hybridized carbons (Fsp3) is 0.500. The second-order valence-electron chi connectivity index (χ2n) is 4.43. The summed E-state index contributed by atoms with van der Waals surface area (Å²) >= 11 is 0. The van der Waals surface area contributed by atoms with Crippen LogP contribution < -0.4 is 15.2 Å². The van der Waals surface area contributed by atoms with Gasteiger partial charge in [-0.2, -0.15) is 0 Å². The number of nitro groups is 1. The van der Waals surface area contributed by atoms with E-state index >= 15 is 0 Å². The Morgan fingerprint density at radius 1 is 1.48 bits per heavy atom. The van der Waals surface area contributed by atoms with Gasteiger partial charge in [0, 0.05) is 12.6 Å². The number of nitrogens with one attached hydrogen (secondary N) is 1. The molecule has 1 rings (SSSR count). The van der Waals surface area contributed by atoms with Gasteiger partial charge >= 0.3 is 0 Å². The fourth-order valence-corrected chi connectivity index (χ4v) is 3.29. The molecule has 0 heterocycles. The summed E-state index contributed by atoms with van der Waals surface area (Å²) in [7, 11) is -2.68. The van der Waals surface area contributed by atoms with Gasteiger partial charge in [-0.25, -0.2) is 13.1 Å². The minimum Gasteiger partial charge on any atom is -0.497 e. The van der Waals surface area contributed by atoms with Crippen LogP contribution in [0.15, 0.2) is 23.1 Å². The minimum absolute atomic E-state index is 0.122. The maximum absolute atomic E-state index is 12.3. The molecule has 0 aliphatic heterocycles. The number of hydrogen-bond donors (Lipinski definition) is 2. The molecule has 9 heteroatoms. The first-order valence-corrected chi connectivity index (χ1v) is 7.88. The molecule has 0 fully saturated rings. The molecule has 0 bridgehead atoms. The summed E-state index contributed by atoms with van der Waals surface area (Å²) in [4.78, 5) is 9.89. The maximum Gasteiger partial charge on any atom is 0.293 e. The van der Waals surface area contributed by atoms with Crippen molar-refractivity contribution in [2.75, 3.05) is 13.7 Å². The van der Waals surface area contributed by atoms with Crippen LogP contribution in [0.3, 0.4) is 0 Å². The summed E-state index contributed by atoms with van der Waals surface area (Å²) in [5.74, 6) is 0.213. The zero-order valence-electron chi connectivity index (χ0n) is 11.9. The molecule has 1 unspecified atom stereocenters. The molecular formula is C12H19N3O5S. The van der Waals surface area contributed by atoms with Crippen LogP contribution in [0.4, 0.5) is 5.69 Å². The molecular weight excluding hydrogens is 298 g/mol. The first-order chi connectivity index (χ1) is 9.85. The standard InChI is InChI=1S/C12H19N3O5S/c1-3-4-9(8-13)14-21(18,19)12-6-5-10(20-2)7-11(12)15(16)17/h5-7,9,14H,3-4,8,13H2,1-2H3. The lowest BCUT2D eigenvalue weighted by molar-refractivity contribution is -0.387. The van der Waals surface area contributed by atoms with Crippen LogP contribution in [-0.2, 0) is 10.0 Å². The van der Waals surface area contributed by atoms with Crippen LogP contribution in [-0.4, -0.2) is 33.0 Å². The van der Waals surface area contributed by atoms with Crippen LogP contribution in [0.2, 0.25) is 0 Å². The van der Waals surface area contributed by atoms with Crippen molar-refractivity contribution < 1.29 is 18.1 Å². The normalized spacial score (nSPS) is 12.9. The lowest BCUT2D eigenvalue weighted by atomic mass is 10.2. The number of rotatable bonds is 8. The van der Waals surface area contributed by atoms with E-state index in [1.807, 2.05) is 6.92 Å². The molecule has 1 atom stereocenters. The second-order valence-corrected chi connectivity index (χ2v) is 6.12. The lowest BCUT2D eigenvalue weighted by Crippen LogP contribution is -2.40. The highest BCUT2D eigenvalue weighted by Crippen LogP contribution is 2.28. The molecule has 0 aromatic heterocycles. The minimum atomic E-state index is -4.02. The highest BCUT2D eigenvalue weighted by molar-refractivity contribution is 7.89. The molecule has 0 spiro atoms. The summed E-state index contributed by atoms with van der Waals surface area (Å²) in [6.45, 7) is 2.02. The predicted octanol–water partition coefficient (Wildman–Crippen LogP) is 1.01. The molecule has 1 aromatic rings. The Labute approximate surface area is 123 Å². The molecule has 1 aromatic carbocycles. The SMILES string of the molecule is CCCC(CN)NS(=O)(=O)c1ccc(OC)cc1[N+](=O)[O-]. The van der Waals surface area contributed by atoms with Gasteiger partial charge in [-0.15, -0.1) is 0 Å². The Kier molecular flexibility index (Phi) is 6.06. The smallest absolute Gasteiger partial charge is 0.293 e. The van der Waals surface area contributed by atoms with Crippen molar-refractivity contribution in [2.24, 2.45) is 5.73 Å². The Bertz CT molecular complexity index is 603. The zero-order chi connectivity index (χ0) is 16.0. The van der Waals surface area contributed by atoms with Gasteiger partial charge in [0.1, 0.15) is 5.75 Å². The number of nitro benzene ring substituents is 1. The number of methoxy groups -OCH3 is 1. The average Bonchev–Trinajstić information content (AvgIpc) is 2.45. The summed E-state index contributed by atoms with van der Waals surface area (Å²) in [5, 5.41) is 11.1. The summed E-state index contributed by atoms with van der Waals surface area (Å²) in [6, 6.07) is 3.13. The average molecular weight is 317 g/mol. The highest BCUT2D eigenvalue weighted by Gasteiger charge is 2.28. The second kappa shape index (κ2) is 7.34. The predicted molar refractivity (Wildman–Crippen MR) is 77.7 cm³/mol. The molecule has 0 radical (unpaired) electrons. The third kappa shape index (κ3) is 4.38. The molecule has 0 aliphatic carbocycles. The first kappa shape index (κ1) is 17.3. The highest BCUT2D eigenvalue weighted by atomic mass is 32.2. The summed E-state index contributed by atoms with van der Waals surface area (Å²) < 4.78 is 31.8. The molecule has 8 nitrogen and oxygen atoms in total. The topological polar surface area (TPSA) is 125 Å². The molecule has 21 heavy (non-hydrogen) atoms. The van der Waals surface area contributed by atoms with Crippen molar-refractivity contribution in [3.63, 3.8) is 0 Å². The zero-order valence-corrected chi connectivity index (χ0v) is 12.7. The van der Waals surface area contributed by atoms with Crippen LogP contribution in [0.5, 0.6) is 5.75 Å². The van der Waals surface area contributed by atoms with Gasteiger partial charge in [-0.05, 0) is 18.6 Å². The maximum atomic E-state index is 12.3. The van der Waals surface area contributed by atoms with Crippen molar-refractivity contribution in [3.05, 3.63) is 28.3 Å². The molecule has 3 N–H and O–H groups in total. The molecule has 0 saturated heterocycles. The van der Waals surface area contributed by atoms with Gasteiger partial charge in [-0.3, -0.25) is 10.1 Å². The van der Waals surface area contributed by atoms with Gasteiger partial charge in [-0.1, -0.05) is 13.3 Å². The monoisotopic (exact) mass is 317 g/mol. The molecule has 0 saturated carbocycles. The first-order valence-electron chi connectivity index (χ1n) is 6.40. The Balaban J connectivity index is 3.21. The summed E-state index contributed by atoms with van der Waals surface area (Å²) in [6.07, 6.45) is 1.30. The molecule has 0 aliphatic rings. The molecule has 118 valence electrons. The number of sulfonamides is 1. The van der Waals surface area contributed by atoms with E-state index in [-0.39, 0.29) is 12.3 Å².